The smallest absolute Gasteiger partial charge is 0.248 e. The summed E-state index contributed by atoms with van der Waals surface area (Å²) in [6.07, 6.45) is 1.44. The van der Waals surface area contributed by atoms with Gasteiger partial charge in [0.25, 0.3) is 0 Å². The largest absolute Gasteiger partial charge is 0.437 e. The first-order chi connectivity index (χ1) is 12.4. The molecule has 1 heterocycles. The van der Waals surface area contributed by atoms with E-state index in [1.54, 1.807) is 0 Å². The predicted molar refractivity (Wildman–Crippen MR) is 106 cm³/mol. The molecule has 3 N–H and O–H groups in total. The first kappa shape index (κ1) is 17.7. The van der Waals surface area contributed by atoms with Crippen LogP contribution in [0.2, 0.25) is 0 Å². The minimum absolute atomic E-state index is 0.337. The van der Waals surface area contributed by atoms with Crippen molar-refractivity contribution in [2.24, 2.45) is 0 Å². The standard InChI is InChI=1S/C21H24N4O/c1-13(2)16-6-9-18(10-7-16)26-21-19(22)20(23-12-24-21)25-17-8-5-14(3)15(4)11-17/h5-13H,22H2,1-4H3,(H,23,24,25). The summed E-state index contributed by atoms with van der Waals surface area (Å²) < 4.78 is 5.85. The highest BCUT2D eigenvalue weighted by molar-refractivity contribution is 5.72. The van der Waals surface area contributed by atoms with Crippen LogP contribution in [-0.4, -0.2) is 9.97 Å². The maximum absolute atomic E-state index is 6.21. The minimum atomic E-state index is 0.337. The first-order valence-electron chi connectivity index (χ1n) is 8.66. The highest BCUT2D eigenvalue weighted by Crippen LogP contribution is 2.31. The number of nitrogens with two attached hydrogens (primary N) is 1. The van der Waals surface area contributed by atoms with E-state index in [4.69, 9.17) is 10.5 Å². The Labute approximate surface area is 154 Å². The molecule has 0 radical (unpaired) electrons. The summed E-state index contributed by atoms with van der Waals surface area (Å²) in [4.78, 5) is 8.40. The zero-order valence-electron chi connectivity index (χ0n) is 15.6. The Morgan fingerprint density at radius 3 is 2.35 bits per heavy atom. The quantitative estimate of drug-likeness (QED) is 0.651. The number of nitrogens with one attached hydrogen (secondary N) is 1. The van der Waals surface area contributed by atoms with Gasteiger partial charge in [0.1, 0.15) is 17.8 Å². The molecule has 0 fully saturated rings. The lowest BCUT2D eigenvalue weighted by Crippen LogP contribution is -2.03. The lowest BCUT2D eigenvalue weighted by Gasteiger charge is -2.13. The summed E-state index contributed by atoms with van der Waals surface area (Å²) in [5.74, 6) is 2.03. The maximum Gasteiger partial charge on any atom is 0.248 e. The molecule has 0 aliphatic carbocycles. The Morgan fingerprint density at radius 2 is 1.69 bits per heavy atom. The second kappa shape index (κ2) is 7.44. The lowest BCUT2D eigenvalue weighted by molar-refractivity contribution is 0.464. The van der Waals surface area contributed by atoms with Crippen molar-refractivity contribution in [2.45, 2.75) is 33.6 Å². The molecule has 0 saturated carbocycles. The van der Waals surface area contributed by atoms with Crippen LogP contribution in [0.25, 0.3) is 0 Å². The van der Waals surface area contributed by atoms with Gasteiger partial charge in [0.15, 0.2) is 5.82 Å². The van der Waals surface area contributed by atoms with Gasteiger partial charge in [0, 0.05) is 5.69 Å². The van der Waals surface area contributed by atoms with Crippen molar-refractivity contribution in [1.29, 1.82) is 0 Å². The van der Waals surface area contributed by atoms with E-state index in [2.05, 4.69) is 55.1 Å². The van der Waals surface area contributed by atoms with Crippen molar-refractivity contribution in [2.75, 3.05) is 11.1 Å². The van der Waals surface area contributed by atoms with Gasteiger partial charge in [-0.3, -0.25) is 0 Å². The molecule has 26 heavy (non-hydrogen) atoms. The van der Waals surface area contributed by atoms with E-state index in [-0.39, 0.29) is 0 Å². The van der Waals surface area contributed by atoms with Crippen molar-refractivity contribution in [3.05, 3.63) is 65.5 Å². The molecular weight excluding hydrogens is 324 g/mol. The fourth-order valence-corrected chi connectivity index (χ4v) is 2.55. The van der Waals surface area contributed by atoms with Crippen LogP contribution in [-0.2, 0) is 0 Å². The van der Waals surface area contributed by atoms with E-state index in [0.29, 0.717) is 29.1 Å². The maximum atomic E-state index is 6.21. The zero-order chi connectivity index (χ0) is 18.7. The van der Waals surface area contributed by atoms with Gasteiger partial charge in [-0.25, -0.2) is 4.98 Å². The molecule has 3 aromatic rings. The molecule has 1 aromatic heterocycles. The van der Waals surface area contributed by atoms with Gasteiger partial charge >= 0.3 is 0 Å². The van der Waals surface area contributed by atoms with E-state index in [9.17, 15) is 0 Å². The Morgan fingerprint density at radius 1 is 0.962 bits per heavy atom. The van der Waals surface area contributed by atoms with Gasteiger partial charge in [-0.1, -0.05) is 32.0 Å². The first-order valence-corrected chi connectivity index (χ1v) is 8.66. The number of nitrogen functional groups attached to an aromatic ring is 1. The molecule has 0 bridgehead atoms. The Bertz CT molecular complexity index is 904. The molecule has 5 nitrogen and oxygen atoms in total. The van der Waals surface area contributed by atoms with Crippen molar-refractivity contribution in [1.82, 2.24) is 9.97 Å². The number of ether oxygens (including phenoxy) is 1. The van der Waals surface area contributed by atoms with Gasteiger partial charge in [-0.2, -0.15) is 4.98 Å². The number of nitrogens with zero attached hydrogens (tertiary/aromatic N) is 2. The molecule has 0 amide bonds. The van der Waals surface area contributed by atoms with Crippen molar-refractivity contribution >= 4 is 17.2 Å². The van der Waals surface area contributed by atoms with Crippen molar-refractivity contribution in [3.63, 3.8) is 0 Å². The minimum Gasteiger partial charge on any atom is -0.437 e. The summed E-state index contributed by atoms with van der Waals surface area (Å²) in [5, 5.41) is 3.23. The SMILES string of the molecule is Cc1ccc(Nc2ncnc(Oc3ccc(C(C)C)cc3)c2N)cc1C. The molecule has 2 aromatic carbocycles. The van der Waals surface area contributed by atoms with Crippen LogP contribution in [0.3, 0.4) is 0 Å². The Kier molecular flexibility index (Phi) is 5.07. The summed E-state index contributed by atoms with van der Waals surface area (Å²) >= 11 is 0. The van der Waals surface area contributed by atoms with Gasteiger partial charge in [0.05, 0.1) is 0 Å². The number of rotatable bonds is 5. The number of hydrogen-bond acceptors (Lipinski definition) is 5. The van der Waals surface area contributed by atoms with E-state index in [1.165, 1.54) is 23.0 Å². The van der Waals surface area contributed by atoms with E-state index in [1.807, 2.05) is 30.3 Å². The third-order valence-corrected chi connectivity index (χ3v) is 4.38. The fraction of sp³-hybridized carbons (Fsp3) is 0.238. The fourth-order valence-electron chi connectivity index (χ4n) is 2.55. The van der Waals surface area contributed by atoms with Gasteiger partial charge < -0.3 is 15.8 Å². The molecule has 0 atom stereocenters. The molecule has 0 unspecified atom stereocenters. The molecule has 0 aliphatic rings. The molecule has 3 rings (SSSR count). The number of aryl methyl sites for hydroxylation is 2. The van der Waals surface area contributed by atoms with Crippen LogP contribution in [0.15, 0.2) is 48.8 Å². The molecule has 0 spiro atoms. The summed E-state index contributed by atoms with van der Waals surface area (Å²) in [6, 6.07) is 14.1. The van der Waals surface area contributed by atoms with E-state index < -0.39 is 0 Å². The van der Waals surface area contributed by atoms with Crippen molar-refractivity contribution < 1.29 is 4.74 Å². The summed E-state index contributed by atoms with van der Waals surface area (Å²) in [7, 11) is 0. The monoisotopic (exact) mass is 348 g/mol. The van der Waals surface area contributed by atoms with Gasteiger partial charge in [0.2, 0.25) is 5.88 Å². The van der Waals surface area contributed by atoms with E-state index >= 15 is 0 Å². The van der Waals surface area contributed by atoms with Crippen LogP contribution in [0, 0.1) is 13.8 Å². The number of aromatic nitrogens is 2. The second-order valence-electron chi connectivity index (χ2n) is 6.69. The van der Waals surface area contributed by atoms with Crippen LogP contribution in [0.1, 0.15) is 36.5 Å². The highest BCUT2D eigenvalue weighted by atomic mass is 16.5. The topological polar surface area (TPSA) is 73.1 Å². The third kappa shape index (κ3) is 3.94. The number of hydrogen-bond donors (Lipinski definition) is 2. The molecule has 0 aliphatic heterocycles. The average Bonchev–Trinajstić information content (AvgIpc) is 2.62. The highest BCUT2D eigenvalue weighted by Gasteiger charge is 2.11. The van der Waals surface area contributed by atoms with Gasteiger partial charge in [-0.05, 0) is 60.7 Å². The predicted octanol–water partition coefficient (Wildman–Crippen LogP) is 5.33. The zero-order valence-corrected chi connectivity index (χ0v) is 15.6. The average molecular weight is 348 g/mol. The van der Waals surface area contributed by atoms with Gasteiger partial charge in [-0.15, -0.1) is 0 Å². The lowest BCUT2D eigenvalue weighted by atomic mass is 10.0. The van der Waals surface area contributed by atoms with Crippen LogP contribution in [0.4, 0.5) is 17.2 Å². The van der Waals surface area contributed by atoms with Crippen LogP contribution < -0.4 is 15.8 Å². The summed E-state index contributed by atoms with van der Waals surface area (Å²) in [5.41, 5.74) is 11.2. The normalized spacial score (nSPS) is 10.8. The Balaban J connectivity index is 1.81. The van der Waals surface area contributed by atoms with Crippen LogP contribution >= 0.6 is 0 Å². The molecule has 134 valence electrons. The summed E-state index contributed by atoms with van der Waals surface area (Å²) in [6.45, 7) is 8.46. The molecular formula is C21H24N4O. The van der Waals surface area contributed by atoms with Crippen LogP contribution in [0.5, 0.6) is 11.6 Å². The second-order valence-corrected chi connectivity index (χ2v) is 6.69. The molecule has 5 heteroatoms. The number of benzene rings is 2. The third-order valence-electron chi connectivity index (χ3n) is 4.38. The van der Waals surface area contributed by atoms with Crippen molar-refractivity contribution in [3.8, 4) is 11.6 Å². The van der Waals surface area contributed by atoms with E-state index in [0.717, 1.165) is 5.69 Å². The molecule has 0 saturated heterocycles. The Hall–Kier alpha value is -3.08. The number of anilines is 3.